The van der Waals surface area contributed by atoms with E-state index >= 15 is 0 Å². The number of hydrogen-bond donors (Lipinski definition) is 0. The molecule has 32 valence electrons. The van der Waals surface area contributed by atoms with Crippen molar-refractivity contribution in [2.45, 2.75) is 26.1 Å². The van der Waals surface area contributed by atoms with Gasteiger partial charge in [-0.25, -0.2) is 0 Å². The monoisotopic (exact) mass is 94.1 g/mol. The van der Waals surface area contributed by atoms with E-state index in [2.05, 4.69) is 28.6 Å². The molecule has 0 nitrogen and oxygen atoms in total. The quantitative estimate of drug-likeness (QED) is 0.376. The van der Waals surface area contributed by atoms with Gasteiger partial charge in [0.25, 0.3) is 0 Å². The van der Waals surface area contributed by atoms with Gasteiger partial charge in [-0.3, -0.25) is 0 Å². The van der Waals surface area contributed by atoms with E-state index < -0.39 is 0 Å². The molecule has 0 amide bonds. The van der Waals surface area contributed by atoms with Crippen LogP contribution in [0, 0.1) is 0 Å². The summed E-state index contributed by atoms with van der Waals surface area (Å²) in [6.07, 6.45) is 0. The summed E-state index contributed by atoms with van der Waals surface area (Å²) in [6.45, 7) is 6.56. The van der Waals surface area contributed by atoms with E-state index in [0.717, 1.165) is 0 Å². The molecule has 6 heavy (non-hydrogen) atoms. The molecule has 0 saturated heterocycles. The van der Waals surface area contributed by atoms with Crippen LogP contribution in [0.1, 0.15) is 20.8 Å². The van der Waals surface area contributed by atoms with Crippen LogP contribution in [0.2, 0.25) is 5.31 Å². The molecule has 0 aliphatic heterocycles. The fourth-order valence-corrected chi connectivity index (χ4v) is 0. The SMILES string of the molecule is BC(C)(C)C.[NaH]. The van der Waals surface area contributed by atoms with E-state index in [-0.39, 0.29) is 29.6 Å². The molecule has 0 unspecified atom stereocenters. The molecular formula is C4H12BNa. The third-order valence-electron chi connectivity index (χ3n) is 0. The summed E-state index contributed by atoms with van der Waals surface area (Å²) >= 11 is 0. The molecule has 0 N–H and O–H groups in total. The molecular weight excluding hydrogens is 81.8 g/mol. The van der Waals surface area contributed by atoms with Crippen molar-refractivity contribution in [1.29, 1.82) is 0 Å². The molecule has 0 aromatic carbocycles. The van der Waals surface area contributed by atoms with E-state index in [1.165, 1.54) is 0 Å². The Balaban J connectivity index is 0. The fourth-order valence-electron chi connectivity index (χ4n) is 0. The van der Waals surface area contributed by atoms with Gasteiger partial charge >= 0.3 is 29.6 Å². The number of hydrogen-bond acceptors (Lipinski definition) is 0. The average molecular weight is 93.9 g/mol. The van der Waals surface area contributed by atoms with Crippen molar-refractivity contribution in [1.82, 2.24) is 0 Å². The minimum atomic E-state index is 0. The first kappa shape index (κ1) is 10.1. The van der Waals surface area contributed by atoms with Crippen LogP contribution in [-0.4, -0.2) is 37.4 Å². The van der Waals surface area contributed by atoms with Gasteiger partial charge < -0.3 is 0 Å². The van der Waals surface area contributed by atoms with Crippen LogP contribution < -0.4 is 0 Å². The van der Waals surface area contributed by atoms with Gasteiger partial charge in [0.15, 0.2) is 0 Å². The van der Waals surface area contributed by atoms with Gasteiger partial charge in [0.1, 0.15) is 7.85 Å². The maximum atomic E-state index is 2.19. The van der Waals surface area contributed by atoms with Crippen molar-refractivity contribution in [2.75, 3.05) is 0 Å². The predicted molar refractivity (Wildman–Crippen MR) is 35.4 cm³/mol. The predicted octanol–water partition coefficient (Wildman–Crippen LogP) is 0.189. The average Bonchev–Trinajstić information content (AvgIpc) is 0.722. The molecule has 0 radical (unpaired) electrons. The molecule has 0 fully saturated rings. The van der Waals surface area contributed by atoms with Gasteiger partial charge in [0.2, 0.25) is 0 Å². The Morgan fingerprint density at radius 2 is 1.17 bits per heavy atom. The van der Waals surface area contributed by atoms with Crippen molar-refractivity contribution in [3.8, 4) is 0 Å². The molecule has 0 aromatic rings. The molecule has 0 atom stereocenters. The molecule has 0 bridgehead atoms. The van der Waals surface area contributed by atoms with Crippen LogP contribution in [-0.2, 0) is 0 Å². The van der Waals surface area contributed by atoms with Crippen LogP contribution in [0.3, 0.4) is 0 Å². The second kappa shape index (κ2) is 3.12. The van der Waals surface area contributed by atoms with E-state index in [1.54, 1.807) is 0 Å². The first-order chi connectivity index (χ1) is 2.00. The van der Waals surface area contributed by atoms with Gasteiger partial charge in [-0.1, -0.05) is 26.1 Å². The molecule has 0 spiro atoms. The zero-order chi connectivity index (χ0) is 4.50. The van der Waals surface area contributed by atoms with Gasteiger partial charge in [0.05, 0.1) is 0 Å². The summed E-state index contributed by atoms with van der Waals surface area (Å²) in [4.78, 5) is 0. The topological polar surface area (TPSA) is 0 Å². The van der Waals surface area contributed by atoms with Gasteiger partial charge in [-0.2, -0.15) is 0 Å². The van der Waals surface area contributed by atoms with Crippen molar-refractivity contribution < 1.29 is 0 Å². The zero-order valence-corrected chi connectivity index (χ0v) is 4.50. The first-order valence-electron chi connectivity index (χ1n) is 2.00. The Morgan fingerprint density at radius 1 is 1.17 bits per heavy atom. The zero-order valence-electron chi connectivity index (χ0n) is 4.50. The van der Waals surface area contributed by atoms with Crippen molar-refractivity contribution >= 4 is 37.4 Å². The molecule has 0 saturated carbocycles. The Bertz CT molecular complexity index is 23.0. The first-order valence-corrected chi connectivity index (χ1v) is 2.00. The van der Waals surface area contributed by atoms with Gasteiger partial charge in [-0.05, 0) is 0 Å². The Hall–Kier alpha value is 1.06. The number of rotatable bonds is 0. The summed E-state index contributed by atoms with van der Waals surface area (Å²) in [7, 11) is 2.19. The van der Waals surface area contributed by atoms with Crippen LogP contribution in [0.25, 0.3) is 0 Å². The summed E-state index contributed by atoms with van der Waals surface area (Å²) in [5.74, 6) is 0. The van der Waals surface area contributed by atoms with Gasteiger partial charge in [0, 0.05) is 0 Å². The molecule has 0 heterocycles. The van der Waals surface area contributed by atoms with Crippen molar-refractivity contribution in [3.63, 3.8) is 0 Å². The summed E-state index contributed by atoms with van der Waals surface area (Å²) < 4.78 is 0. The third kappa shape index (κ3) is 73.8. The normalized spacial score (nSPS) is 9.83. The molecule has 0 aromatic heterocycles. The fraction of sp³-hybridized carbons (Fsp3) is 1.00. The molecule has 0 aliphatic rings. The van der Waals surface area contributed by atoms with Crippen molar-refractivity contribution in [3.05, 3.63) is 0 Å². The Kier molecular flexibility index (Phi) is 5.26. The minimum absolute atomic E-state index is 0. The third-order valence-corrected chi connectivity index (χ3v) is 0. The molecule has 0 rings (SSSR count). The summed E-state index contributed by atoms with van der Waals surface area (Å²) in [5.41, 5.74) is 0. The van der Waals surface area contributed by atoms with E-state index in [4.69, 9.17) is 0 Å². The second-order valence-corrected chi connectivity index (χ2v) is 3.00. The second-order valence-electron chi connectivity index (χ2n) is 3.00. The van der Waals surface area contributed by atoms with E-state index in [0.29, 0.717) is 5.31 Å². The van der Waals surface area contributed by atoms with Crippen LogP contribution in [0.4, 0.5) is 0 Å². The van der Waals surface area contributed by atoms with Crippen LogP contribution >= 0.6 is 0 Å². The van der Waals surface area contributed by atoms with Crippen molar-refractivity contribution in [2.24, 2.45) is 0 Å². The Morgan fingerprint density at radius 3 is 1.17 bits per heavy atom. The van der Waals surface area contributed by atoms with E-state index in [1.807, 2.05) is 0 Å². The maximum absolute atomic E-state index is 2.19. The van der Waals surface area contributed by atoms with E-state index in [9.17, 15) is 0 Å². The Labute approximate surface area is 63.4 Å². The van der Waals surface area contributed by atoms with Crippen LogP contribution in [0.15, 0.2) is 0 Å². The summed E-state index contributed by atoms with van der Waals surface area (Å²) in [6, 6.07) is 0. The standard InChI is InChI=1S/C4H11B.Na.H/c1-4(2,3)5;;/h5H2,1-3H3;;. The molecule has 2 heteroatoms. The van der Waals surface area contributed by atoms with Crippen LogP contribution in [0.5, 0.6) is 0 Å². The molecule has 0 aliphatic carbocycles. The van der Waals surface area contributed by atoms with Gasteiger partial charge in [-0.15, -0.1) is 0 Å². The summed E-state index contributed by atoms with van der Waals surface area (Å²) in [5, 5.41) is 0.500.